The molecule has 0 saturated carbocycles. The maximum Gasteiger partial charge on any atom is 0.0526 e. The molecule has 0 spiro atoms. The average molecular weight is 296 g/mol. The fourth-order valence-electron chi connectivity index (χ4n) is 2.64. The van der Waals surface area contributed by atoms with Gasteiger partial charge in [-0.3, -0.25) is 0 Å². The van der Waals surface area contributed by atoms with Crippen LogP contribution in [0.25, 0.3) is 10.9 Å². The molecular weight excluding hydrogens is 276 g/mol. The Bertz CT molecular complexity index is 704. The lowest BCUT2D eigenvalue weighted by Crippen LogP contribution is -2.08. The van der Waals surface area contributed by atoms with Crippen LogP contribution in [0.5, 0.6) is 0 Å². The zero-order valence-electron chi connectivity index (χ0n) is 12.3. The van der Waals surface area contributed by atoms with Gasteiger partial charge in [0.1, 0.15) is 0 Å². The maximum atomic E-state index is 3.26. The van der Waals surface area contributed by atoms with Crippen molar-refractivity contribution in [2.45, 2.75) is 18.0 Å². The van der Waals surface area contributed by atoms with Gasteiger partial charge in [0, 0.05) is 29.9 Å². The van der Waals surface area contributed by atoms with Crippen LogP contribution in [-0.2, 0) is 13.1 Å². The molecule has 3 aromatic rings. The smallest absolute Gasteiger partial charge is 0.0526 e. The molecule has 3 heteroatoms. The fourth-order valence-corrected chi connectivity index (χ4v) is 3.51. The summed E-state index contributed by atoms with van der Waals surface area (Å²) in [6.07, 6.45) is 2.20. The number of benzene rings is 2. The van der Waals surface area contributed by atoms with Crippen molar-refractivity contribution in [3.05, 3.63) is 66.4 Å². The third-order valence-electron chi connectivity index (χ3n) is 3.58. The highest BCUT2D eigenvalue weighted by atomic mass is 32.2. The van der Waals surface area contributed by atoms with E-state index in [1.54, 1.807) is 0 Å². The van der Waals surface area contributed by atoms with E-state index >= 15 is 0 Å². The molecule has 0 radical (unpaired) electrons. The summed E-state index contributed by atoms with van der Waals surface area (Å²) in [7, 11) is 2.00. The van der Waals surface area contributed by atoms with E-state index < -0.39 is 0 Å². The third-order valence-corrected chi connectivity index (χ3v) is 4.58. The Labute approximate surface area is 130 Å². The molecular formula is C18H20N2S. The first-order valence-electron chi connectivity index (χ1n) is 7.27. The van der Waals surface area contributed by atoms with Crippen LogP contribution >= 0.6 is 11.8 Å². The van der Waals surface area contributed by atoms with E-state index in [1.807, 2.05) is 18.8 Å². The number of para-hydroxylation sites is 1. The van der Waals surface area contributed by atoms with Gasteiger partial charge in [-0.05, 0) is 36.2 Å². The lowest BCUT2D eigenvalue weighted by atomic mass is 10.1. The van der Waals surface area contributed by atoms with Gasteiger partial charge < -0.3 is 9.88 Å². The molecule has 0 aliphatic carbocycles. The van der Waals surface area contributed by atoms with Crippen molar-refractivity contribution < 1.29 is 0 Å². The number of rotatable bonds is 6. The van der Waals surface area contributed by atoms with Crippen molar-refractivity contribution in [2.75, 3.05) is 12.8 Å². The average Bonchev–Trinajstić information content (AvgIpc) is 2.93. The van der Waals surface area contributed by atoms with Crippen LogP contribution in [0.15, 0.2) is 65.7 Å². The molecule has 3 rings (SSSR count). The summed E-state index contributed by atoms with van der Waals surface area (Å²) in [5.74, 6) is 1.09. The number of thioether (sulfide) groups is 1. The molecule has 21 heavy (non-hydrogen) atoms. The summed E-state index contributed by atoms with van der Waals surface area (Å²) in [5.41, 5.74) is 2.73. The third kappa shape index (κ3) is 3.31. The number of hydrogen-bond donors (Lipinski definition) is 1. The largest absolute Gasteiger partial charge is 0.346 e. The summed E-state index contributed by atoms with van der Waals surface area (Å²) in [6.45, 7) is 1.94. The van der Waals surface area contributed by atoms with Crippen molar-refractivity contribution in [3.63, 3.8) is 0 Å². The first-order valence-corrected chi connectivity index (χ1v) is 8.26. The zero-order chi connectivity index (χ0) is 14.5. The van der Waals surface area contributed by atoms with Gasteiger partial charge in [0.05, 0.1) is 5.52 Å². The second-order valence-corrected chi connectivity index (χ2v) is 6.22. The summed E-state index contributed by atoms with van der Waals surface area (Å²) in [6, 6.07) is 19.3. The Morgan fingerprint density at radius 1 is 1.00 bits per heavy atom. The summed E-state index contributed by atoms with van der Waals surface area (Å²) in [4.78, 5) is 1.34. The molecule has 0 atom stereocenters. The normalized spacial score (nSPS) is 11.1. The van der Waals surface area contributed by atoms with E-state index in [0.29, 0.717) is 0 Å². The molecule has 2 nitrogen and oxygen atoms in total. The Morgan fingerprint density at radius 2 is 1.86 bits per heavy atom. The van der Waals surface area contributed by atoms with Gasteiger partial charge in [-0.25, -0.2) is 0 Å². The van der Waals surface area contributed by atoms with Gasteiger partial charge in [0.25, 0.3) is 0 Å². The van der Waals surface area contributed by atoms with E-state index in [0.717, 1.165) is 18.8 Å². The van der Waals surface area contributed by atoms with Crippen molar-refractivity contribution in [1.29, 1.82) is 0 Å². The monoisotopic (exact) mass is 296 g/mol. The van der Waals surface area contributed by atoms with Crippen molar-refractivity contribution in [3.8, 4) is 0 Å². The van der Waals surface area contributed by atoms with Crippen molar-refractivity contribution >= 4 is 22.7 Å². The quantitative estimate of drug-likeness (QED) is 0.688. The van der Waals surface area contributed by atoms with E-state index in [1.165, 1.54) is 21.4 Å². The molecule has 0 bridgehead atoms. The maximum absolute atomic E-state index is 3.26. The van der Waals surface area contributed by atoms with Crippen LogP contribution in [0.1, 0.15) is 5.56 Å². The van der Waals surface area contributed by atoms with Crippen LogP contribution in [0.3, 0.4) is 0 Å². The van der Waals surface area contributed by atoms with Crippen molar-refractivity contribution in [1.82, 2.24) is 9.88 Å². The Hall–Kier alpha value is -1.71. The first-order chi connectivity index (χ1) is 10.4. The highest BCUT2D eigenvalue weighted by molar-refractivity contribution is 7.99. The number of hydrogen-bond acceptors (Lipinski definition) is 2. The Morgan fingerprint density at radius 3 is 2.67 bits per heavy atom. The molecule has 0 aliphatic rings. The van der Waals surface area contributed by atoms with Crippen LogP contribution in [-0.4, -0.2) is 17.4 Å². The molecule has 1 aromatic heterocycles. The minimum Gasteiger partial charge on any atom is -0.346 e. The van der Waals surface area contributed by atoms with Crippen LogP contribution in [0, 0.1) is 0 Å². The van der Waals surface area contributed by atoms with E-state index in [-0.39, 0.29) is 0 Å². The van der Waals surface area contributed by atoms with Gasteiger partial charge >= 0.3 is 0 Å². The van der Waals surface area contributed by atoms with Crippen LogP contribution in [0.2, 0.25) is 0 Å². The predicted octanol–water partition coefficient (Wildman–Crippen LogP) is 4.15. The van der Waals surface area contributed by atoms with Gasteiger partial charge in [-0.2, -0.15) is 0 Å². The number of aromatic nitrogens is 1. The lowest BCUT2D eigenvalue weighted by molar-refractivity contribution is 0.782. The highest BCUT2D eigenvalue weighted by Crippen LogP contribution is 2.22. The molecule has 108 valence electrons. The predicted molar refractivity (Wildman–Crippen MR) is 91.9 cm³/mol. The second kappa shape index (κ2) is 6.83. The van der Waals surface area contributed by atoms with Gasteiger partial charge in [-0.15, -0.1) is 11.8 Å². The molecule has 1 heterocycles. The standard InChI is InChI=1S/C18H20N2S/c1-19-14-16-7-5-6-15-10-11-20(18(15)16)12-13-21-17-8-3-2-4-9-17/h2-11,19H,12-14H2,1H3. The zero-order valence-corrected chi connectivity index (χ0v) is 13.1. The second-order valence-electron chi connectivity index (χ2n) is 5.06. The Kier molecular flexibility index (Phi) is 4.63. The highest BCUT2D eigenvalue weighted by Gasteiger charge is 2.06. The van der Waals surface area contributed by atoms with Crippen LogP contribution in [0.4, 0.5) is 0 Å². The SMILES string of the molecule is CNCc1cccc2ccn(CCSc3ccccc3)c12. The van der Waals surface area contributed by atoms with E-state index in [4.69, 9.17) is 0 Å². The van der Waals surface area contributed by atoms with Gasteiger partial charge in [0.15, 0.2) is 0 Å². The number of nitrogens with one attached hydrogen (secondary N) is 1. The Balaban J connectivity index is 1.75. The molecule has 0 aliphatic heterocycles. The minimum absolute atomic E-state index is 0.910. The molecule has 0 amide bonds. The summed E-state index contributed by atoms with van der Waals surface area (Å²) in [5, 5.41) is 4.58. The summed E-state index contributed by atoms with van der Waals surface area (Å²) >= 11 is 1.91. The van der Waals surface area contributed by atoms with Crippen molar-refractivity contribution in [2.24, 2.45) is 0 Å². The fraction of sp³-hybridized carbons (Fsp3) is 0.222. The summed E-state index contributed by atoms with van der Waals surface area (Å²) < 4.78 is 2.37. The molecule has 1 N–H and O–H groups in total. The minimum atomic E-state index is 0.910. The molecule has 0 unspecified atom stereocenters. The van der Waals surface area contributed by atoms with E-state index in [9.17, 15) is 0 Å². The first kappa shape index (κ1) is 14.2. The lowest BCUT2D eigenvalue weighted by Gasteiger charge is -2.09. The van der Waals surface area contributed by atoms with Crippen LogP contribution < -0.4 is 5.32 Å². The topological polar surface area (TPSA) is 17.0 Å². The number of aryl methyl sites for hydroxylation is 1. The number of nitrogens with zero attached hydrogens (tertiary/aromatic N) is 1. The number of fused-ring (bicyclic) bond motifs is 1. The molecule has 0 saturated heterocycles. The van der Waals surface area contributed by atoms with Gasteiger partial charge in [-0.1, -0.05) is 36.4 Å². The molecule has 0 fully saturated rings. The molecule has 2 aromatic carbocycles. The van der Waals surface area contributed by atoms with E-state index in [2.05, 4.69) is 70.7 Å². The van der Waals surface area contributed by atoms with Gasteiger partial charge in [0.2, 0.25) is 0 Å².